The molecule has 6 nitrogen and oxygen atoms in total. The fourth-order valence-electron chi connectivity index (χ4n) is 18.5. The van der Waals surface area contributed by atoms with Gasteiger partial charge in [-0.15, -0.1) is 0 Å². The molecule has 0 aliphatic heterocycles. The molecule has 0 atom stereocenters. The van der Waals surface area contributed by atoms with Crippen LogP contribution in [0.5, 0.6) is 0 Å². The number of nitriles is 1. The molecule has 4 heterocycles. The zero-order chi connectivity index (χ0) is 66.0. The summed E-state index contributed by atoms with van der Waals surface area (Å²) in [5, 5.41) is 21.6. The Morgan fingerprint density at radius 3 is 0.880 bits per heavy atom. The summed E-state index contributed by atoms with van der Waals surface area (Å²) in [6.07, 6.45) is 0. The Labute approximate surface area is 576 Å². The van der Waals surface area contributed by atoms with Gasteiger partial charge in [0.05, 0.1) is 95.9 Å². The van der Waals surface area contributed by atoms with E-state index >= 15 is 0 Å². The topological polar surface area (TPSA) is 47.9 Å². The first-order valence-electron chi connectivity index (χ1n) is 34.2. The Hall–Kier alpha value is -13.5. The third-order valence-electron chi connectivity index (χ3n) is 22.2. The van der Waals surface area contributed by atoms with Gasteiger partial charge in [0.2, 0.25) is 5.69 Å². The van der Waals surface area contributed by atoms with E-state index in [2.05, 4.69) is 364 Å². The summed E-state index contributed by atoms with van der Waals surface area (Å²) in [7, 11) is 0. The number of nitrogens with zero attached hydrogens (tertiary/aromatic N) is 6. The zero-order valence-corrected chi connectivity index (χ0v) is 54.0. The quantitative estimate of drug-likeness (QED) is 0.140. The second-order valence-corrected chi connectivity index (χ2v) is 26.6. The molecule has 0 radical (unpaired) electrons. The predicted molar refractivity (Wildman–Crippen MR) is 409 cm³/mol. The van der Waals surface area contributed by atoms with E-state index in [9.17, 15) is 11.8 Å². The molecule has 100 heavy (non-hydrogen) atoms. The standard InChI is InChI=1S/C94H56N6/c1-96-86-73(58-95)89(99-82-52-28-20-42-67(82)69-54-56-76-84(87(69)99)71-44-14-22-46-74(71)93(76,59-30-6-2-7-31-59)60-32-8-3-9-33-60)91(97-78-48-24-16-38-63(78)64-39-17-25-49-79(64)97)92(98-80-50-26-18-40-65(80)66-41-19-27-51-81(66)98)90(86)100-83-53-29-21-43-68(83)70-55-57-77-85(88(70)100)72-45-15-23-47-75(72)94(77,61-34-10-4-11-35-61)62-36-12-5-13-37-62/h2-57H. The van der Waals surface area contributed by atoms with E-state index in [1.54, 1.807) is 0 Å². The second kappa shape index (κ2) is 21.0. The van der Waals surface area contributed by atoms with Crippen molar-refractivity contribution in [3.05, 3.63) is 401 Å². The lowest BCUT2D eigenvalue weighted by Crippen LogP contribution is -2.28. The maximum absolute atomic E-state index is 13.2. The predicted octanol–water partition coefficient (Wildman–Crippen LogP) is 23.2. The van der Waals surface area contributed by atoms with E-state index in [4.69, 9.17) is 4.85 Å². The maximum atomic E-state index is 13.2. The molecule has 0 saturated heterocycles. The number of rotatable bonds is 8. The minimum absolute atomic E-state index is 0.227. The summed E-state index contributed by atoms with van der Waals surface area (Å²) in [5.74, 6) is 0. The molecular formula is C94H56N6. The normalized spacial score (nSPS) is 13.3. The first-order valence-corrected chi connectivity index (χ1v) is 34.2. The molecule has 0 unspecified atom stereocenters. The van der Waals surface area contributed by atoms with Gasteiger partial charge < -0.3 is 18.3 Å². The monoisotopic (exact) mass is 1270 g/mol. The van der Waals surface area contributed by atoms with Gasteiger partial charge in [-0.05, 0) is 92.0 Å². The van der Waals surface area contributed by atoms with Gasteiger partial charge in [0, 0.05) is 54.2 Å². The highest BCUT2D eigenvalue weighted by atomic mass is 15.2. The molecule has 4 aromatic heterocycles. The molecule has 21 rings (SSSR count). The second-order valence-electron chi connectivity index (χ2n) is 26.6. The number of hydrogen-bond acceptors (Lipinski definition) is 1. The summed E-state index contributed by atoms with van der Waals surface area (Å²) >= 11 is 0. The van der Waals surface area contributed by atoms with Crippen LogP contribution >= 0.6 is 0 Å². The molecule has 0 fully saturated rings. The number of para-hydroxylation sites is 6. The Bertz CT molecular complexity index is 6190. The highest BCUT2D eigenvalue weighted by Gasteiger charge is 2.50. The summed E-state index contributed by atoms with van der Waals surface area (Å²) in [5.41, 5.74) is 22.7. The highest BCUT2D eigenvalue weighted by molar-refractivity contribution is 6.21. The van der Waals surface area contributed by atoms with E-state index < -0.39 is 10.8 Å². The molecule has 0 N–H and O–H groups in total. The van der Waals surface area contributed by atoms with E-state index in [0.29, 0.717) is 11.4 Å². The third-order valence-corrected chi connectivity index (χ3v) is 22.2. The highest BCUT2D eigenvalue weighted by Crippen LogP contribution is 2.62. The van der Waals surface area contributed by atoms with Gasteiger partial charge in [-0.3, -0.25) is 0 Å². The summed E-state index contributed by atoms with van der Waals surface area (Å²) < 4.78 is 9.70. The Kier molecular flexibility index (Phi) is 11.7. The van der Waals surface area contributed by atoms with Crippen molar-refractivity contribution in [2.45, 2.75) is 10.8 Å². The van der Waals surface area contributed by atoms with Crippen LogP contribution < -0.4 is 0 Å². The van der Waals surface area contributed by atoms with Crippen molar-refractivity contribution in [2.75, 3.05) is 0 Å². The number of benzene rings is 15. The molecule has 2 aliphatic rings. The Morgan fingerprint density at radius 1 is 0.260 bits per heavy atom. The van der Waals surface area contributed by atoms with Crippen molar-refractivity contribution in [1.82, 2.24) is 18.3 Å². The molecule has 6 heteroatoms. The van der Waals surface area contributed by atoms with Crippen LogP contribution in [0, 0.1) is 17.9 Å². The first-order chi connectivity index (χ1) is 49.6. The Balaban J connectivity index is 1.04. The molecular weight excluding hydrogens is 1210 g/mol. The van der Waals surface area contributed by atoms with Gasteiger partial charge in [-0.25, -0.2) is 4.85 Å². The van der Waals surface area contributed by atoms with Gasteiger partial charge in [0.25, 0.3) is 0 Å². The van der Waals surface area contributed by atoms with Crippen LogP contribution in [0.2, 0.25) is 0 Å². The van der Waals surface area contributed by atoms with E-state index in [-0.39, 0.29) is 11.3 Å². The number of hydrogen-bond donors (Lipinski definition) is 0. The van der Waals surface area contributed by atoms with Crippen molar-refractivity contribution in [1.29, 1.82) is 5.26 Å². The van der Waals surface area contributed by atoms with Crippen LogP contribution in [0.1, 0.15) is 50.1 Å². The lowest BCUT2D eigenvalue weighted by molar-refractivity contribution is 0.769. The Morgan fingerprint density at radius 2 is 0.540 bits per heavy atom. The SMILES string of the molecule is [C-]#[N+]c1c(C#N)c(-n2c3ccccc3c3ccc4c(c32)-c2ccccc2C4(c2ccccc2)c2ccccc2)c(-n2c3ccccc3c3ccccc32)c(-n2c3ccccc3c3ccccc32)c1-n1c2ccccc2c2ccc3c(c21)-c1ccccc1C3(c1ccccc1)c1ccccc1. The fourth-order valence-corrected chi connectivity index (χ4v) is 18.5. The third kappa shape index (κ3) is 7.07. The van der Waals surface area contributed by atoms with Crippen molar-refractivity contribution >= 4 is 92.9 Å². The largest absolute Gasteiger partial charge is 0.316 e. The molecule has 15 aromatic carbocycles. The summed E-state index contributed by atoms with van der Waals surface area (Å²) in [6, 6.07) is 126. The lowest BCUT2D eigenvalue weighted by atomic mass is 9.67. The van der Waals surface area contributed by atoms with Crippen LogP contribution in [0.4, 0.5) is 5.69 Å². The van der Waals surface area contributed by atoms with Crippen molar-refractivity contribution in [3.8, 4) is 51.1 Å². The minimum Gasteiger partial charge on any atom is -0.316 e. The van der Waals surface area contributed by atoms with E-state index in [0.717, 1.165) is 154 Å². The molecule has 19 aromatic rings. The van der Waals surface area contributed by atoms with Gasteiger partial charge in [0.15, 0.2) is 0 Å². The van der Waals surface area contributed by atoms with Crippen LogP contribution in [0.15, 0.2) is 340 Å². The van der Waals surface area contributed by atoms with E-state index in [1.807, 2.05) is 0 Å². The smallest absolute Gasteiger partial charge is 0.232 e. The molecule has 0 bridgehead atoms. The van der Waals surface area contributed by atoms with Crippen molar-refractivity contribution in [3.63, 3.8) is 0 Å². The van der Waals surface area contributed by atoms with Crippen LogP contribution in [-0.4, -0.2) is 18.3 Å². The number of aromatic nitrogens is 4. The van der Waals surface area contributed by atoms with Gasteiger partial charge >= 0.3 is 0 Å². The summed E-state index contributed by atoms with van der Waals surface area (Å²) in [6.45, 7) is 10.3. The molecule has 0 saturated carbocycles. The molecule has 0 spiro atoms. The minimum atomic E-state index is -0.759. The molecule has 0 amide bonds. The van der Waals surface area contributed by atoms with E-state index in [1.165, 1.54) is 11.1 Å². The molecule has 2 aliphatic carbocycles. The first kappa shape index (κ1) is 55.7. The zero-order valence-electron chi connectivity index (χ0n) is 54.0. The van der Waals surface area contributed by atoms with Gasteiger partial charge in [0.1, 0.15) is 0 Å². The van der Waals surface area contributed by atoms with Crippen molar-refractivity contribution in [2.24, 2.45) is 0 Å². The van der Waals surface area contributed by atoms with Gasteiger partial charge in [-0.2, -0.15) is 5.26 Å². The van der Waals surface area contributed by atoms with Gasteiger partial charge in [-0.1, -0.05) is 303 Å². The average molecular weight is 1270 g/mol. The van der Waals surface area contributed by atoms with Crippen LogP contribution in [-0.2, 0) is 10.8 Å². The summed E-state index contributed by atoms with van der Waals surface area (Å²) in [4.78, 5) is 4.96. The number of fused-ring (bicyclic) bond motifs is 20. The average Bonchev–Trinajstić information content (AvgIpc) is 1.37. The van der Waals surface area contributed by atoms with Crippen LogP contribution in [0.3, 0.4) is 0 Å². The van der Waals surface area contributed by atoms with Crippen LogP contribution in [0.25, 0.3) is 137 Å². The van der Waals surface area contributed by atoms with Crippen molar-refractivity contribution < 1.29 is 0 Å². The fraction of sp³-hybridized carbons (Fsp3) is 0.0213. The lowest BCUT2D eigenvalue weighted by Gasteiger charge is -2.34. The maximum Gasteiger partial charge on any atom is 0.232 e. The molecule has 462 valence electrons.